The second kappa shape index (κ2) is 4.54. The van der Waals surface area contributed by atoms with Crippen LogP contribution in [-0.2, 0) is 11.3 Å². The van der Waals surface area contributed by atoms with Crippen LogP contribution < -0.4 is 11.1 Å². The van der Waals surface area contributed by atoms with Crippen LogP contribution in [0.2, 0.25) is 0 Å². The molecule has 1 aromatic rings. The minimum absolute atomic E-state index is 0.0325. The Balaban J connectivity index is 2.34. The Hall–Kier alpha value is -1.66. The SMILES string of the molecule is CC(C)NC(=O)CCn1nnnc1N. The molecule has 1 heterocycles. The van der Waals surface area contributed by atoms with E-state index in [0.29, 0.717) is 13.0 Å². The second-order valence-corrected chi connectivity index (χ2v) is 3.23. The van der Waals surface area contributed by atoms with Crippen LogP contribution in [0.4, 0.5) is 5.95 Å². The summed E-state index contributed by atoms with van der Waals surface area (Å²) in [5.74, 6) is 0.192. The molecule has 1 aromatic heterocycles. The summed E-state index contributed by atoms with van der Waals surface area (Å²) in [6.07, 6.45) is 0.327. The summed E-state index contributed by atoms with van der Waals surface area (Å²) < 4.78 is 1.39. The quantitative estimate of drug-likeness (QED) is 0.658. The first kappa shape index (κ1) is 10.4. The largest absolute Gasteiger partial charge is 0.367 e. The van der Waals surface area contributed by atoms with Gasteiger partial charge in [0.2, 0.25) is 11.9 Å². The van der Waals surface area contributed by atoms with E-state index < -0.39 is 0 Å². The maximum Gasteiger partial charge on any atom is 0.240 e. The van der Waals surface area contributed by atoms with Crippen LogP contribution in [0.3, 0.4) is 0 Å². The zero-order chi connectivity index (χ0) is 10.6. The van der Waals surface area contributed by atoms with E-state index in [4.69, 9.17) is 5.73 Å². The van der Waals surface area contributed by atoms with Gasteiger partial charge in [-0.05, 0) is 24.3 Å². The molecule has 0 spiro atoms. The van der Waals surface area contributed by atoms with Gasteiger partial charge in [-0.15, -0.1) is 0 Å². The lowest BCUT2D eigenvalue weighted by molar-refractivity contribution is -0.121. The molecular formula is C7H14N6O. The number of hydrogen-bond donors (Lipinski definition) is 2. The summed E-state index contributed by atoms with van der Waals surface area (Å²) in [6.45, 7) is 4.21. The van der Waals surface area contributed by atoms with Crippen molar-refractivity contribution in [1.29, 1.82) is 0 Å². The van der Waals surface area contributed by atoms with Gasteiger partial charge in [-0.3, -0.25) is 4.79 Å². The molecule has 14 heavy (non-hydrogen) atoms. The highest BCUT2D eigenvalue weighted by Crippen LogP contribution is 1.94. The summed E-state index contributed by atoms with van der Waals surface area (Å²) >= 11 is 0. The molecule has 7 nitrogen and oxygen atoms in total. The van der Waals surface area contributed by atoms with E-state index >= 15 is 0 Å². The molecule has 0 radical (unpaired) electrons. The standard InChI is InChI=1S/C7H14N6O/c1-5(2)9-6(14)3-4-13-7(8)10-11-12-13/h5H,3-4H2,1-2H3,(H,9,14)(H2,8,10,12). The van der Waals surface area contributed by atoms with Crippen molar-refractivity contribution in [1.82, 2.24) is 25.5 Å². The van der Waals surface area contributed by atoms with E-state index in [2.05, 4.69) is 20.8 Å². The molecule has 0 aliphatic carbocycles. The highest BCUT2D eigenvalue weighted by molar-refractivity contribution is 5.76. The number of carbonyl (C=O) groups excluding carboxylic acids is 1. The molecule has 0 saturated heterocycles. The van der Waals surface area contributed by atoms with E-state index in [9.17, 15) is 4.79 Å². The van der Waals surface area contributed by atoms with Gasteiger partial charge in [-0.25, -0.2) is 4.68 Å². The van der Waals surface area contributed by atoms with Crippen molar-refractivity contribution in [3.63, 3.8) is 0 Å². The molecule has 78 valence electrons. The van der Waals surface area contributed by atoms with Crippen LogP contribution in [0.25, 0.3) is 0 Å². The van der Waals surface area contributed by atoms with Crippen LogP contribution in [0, 0.1) is 0 Å². The van der Waals surface area contributed by atoms with Crippen molar-refractivity contribution >= 4 is 11.9 Å². The first-order chi connectivity index (χ1) is 6.59. The molecule has 0 fully saturated rings. The van der Waals surface area contributed by atoms with Crippen LogP contribution in [0.15, 0.2) is 0 Å². The van der Waals surface area contributed by atoms with Crippen molar-refractivity contribution in [2.24, 2.45) is 0 Å². The van der Waals surface area contributed by atoms with Gasteiger partial charge in [-0.2, -0.15) is 0 Å². The van der Waals surface area contributed by atoms with E-state index in [1.165, 1.54) is 4.68 Å². The van der Waals surface area contributed by atoms with Gasteiger partial charge in [0, 0.05) is 12.5 Å². The highest BCUT2D eigenvalue weighted by Gasteiger charge is 2.06. The zero-order valence-corrected chi connectivity index (χ0v) is 8.27. The Kier molecular flexibility index (Phi) is 3.38. The number of nitrogen functional groups attached to an aromatic ring is 1. The average molecular weight is 198 g/mol. The first-order valence-corrected chi connectivity index (χ1v) is 4.40. The molecule has 3 N–H and O–H groups in total. The predicted octanol–water partition coefficient (Wildman–Crippen LogP) is -0.830. The van der Waals surface area contributed by atoms with Crippen molar-refractivity contribution < 1.29 is 4.79 Å². The number of aryl methyl sites for hydroxylation is 1. The Labute approximate surface area is 81.7 Å². The Morgan fingerprint density at radius 3 is 2.86 bits per heavy atom. The number of nitrogens with one attached hydrogen (secondary N) is 1. The van der Waals surface area contributed by atoms with E-state index in [1.807, 2.05) is 13.8 Å². The van der Waals surface area contributed by atoms with Crippen LogP contribution in [-0.4, -0.2) is 32.2 Å². The molecule has 0 aliphatic heterocycles. The number of aromatic nitrogens is 4. The summed E-state index contributed by atoms with van der Waals surface area (Å²) in [4.78, 5) is 11.2. The topological polar surface area (TPSA) is 98.7 Å². The normalized spacial score (nSPS) is 10.5. The van der Waals surface area contributed by atoms with E-state index in [1.54, 1.807) is 0 Å². The minimum atomic E-state index is -0.0325. The molecule has 0 aliphatic rings. The fourth-order valence-electron chi connectivity index (χ4n) is 0.972. The summed E-state index contributed by atoms with van der Waals surface area (Å²) in [7, 11) is 0. The molecule has 1 rings (SSSR count). The Bertz CT molecular complexity index is 307. The smallest absolute Gasteiger partial charge is 0.240 e. The van der Waals surface area contributed by atoms with Crippen LogP contribution >= 0.6 is 0 Å². The molecule has 0 bridgehead atoms. The summed E-state index contributed by atoms with van der Waals surface area (Å²) in [5.41, 5.74) is 5.42. The van der Waals surface area contributed by atoms with Crippen LogP contribution in [0.1, 0.15) is 20.3 Å². The molecule has 0 aromatic carbocycles. The monoisotopic (exact) mass is 198 g/mol. The van der Waals surface area contributed by atoms with Crippen LogP contribution in [0.5, 0.6) is 0 Å². The van der Waals surface area contributed by atoms with Gasteiger partial charge in [0.1, 0.15) is 0 Å². The van der Waals surface area contributed by atoms with Gasteiger partial charge in [0.15, 0.2) is 0 Å². The summed E-state index contributed by atoms with van der Waals surface area (Å²) in [6, 6.07) is 0.147. The Morgan fingerprint density at radius 1 is 1.64 bits per heavy atom. The van der Waals surface area contributed by atoms with Gasteiger partial charge < -0.3 is 11.1 Å². The number of anilines is 1. The number of nitrogens with zero attached hydrogens (tertiary/aromatic N) is 4. The first-order valence-electron chi connectivity index (χ1n) is 4.40. The maximum atomic E-state index is 11.2. The average Bonchev–Trinajstić information content (AvgIpc) is 2.46. The van der Waals surface area contributed by atoms with Crippen molar-refractivity contribution in [3.8, 4) is 0 Å². The lowest BCUT2D eigenvalue weighted by Gasteiger charge is -2.07. The second-order valence-electron chi connectivity index (χ2n) is 3.23. The number of nitrogens with two attached hydrogens (primary N) is 1. The fourth-order valence-corrected chi connectivity index (χ4v) is 0.972. The molecule has 0 saturated carbocycles. The van der Waals surface area contributed by atoms with Gasteiger partial charge >= 0.3 is 0 Å². The minimum Gasteiger partial charge on any atom is -0.367 e. The fraction of sp³-hybridized carbons (Fsp3) is 0.714. The molecule has 7 heteroatoms. The zero-order valence-electron chi connectivity index (χ0n) is 8.27. The maximum absolute atomic E-state index is 11.2. The number of tetrazole rings is 1. The number of amides is 1. The van der Waals surface area contributed by atoms with Crippen molar-refractivity contribution in [2.45, 2.75) is 32.9 Å². The molecule has 0 atom stereocenters. The number of hydrogen-bond acceptors (Lipinski definition) is 5. The predicted molar refractivity (Wildman–Crippen MR) is 50.1 cm³/mol. The van der Waals surface area contributed by atoms with E-state index in [0.717, 1.165) is 0 Å². The lowest BCUT2D eigenvalue weighted by atomic mass is 10.3. The van der Waals surface area contributed by atoms with Gasteiger partial charge in [-0.1, -0.05) is 5.10 Å². The van der Waals surface area contributed by atoms with Gasteiger partial charge in [0.25, 0.3) is 0 Å². The van der Waals surface area contributed by atoms with Crippen molar-refractivity contribution in [2.75, 3.05) is 5.73 Å². The third-order valence-electron chi connectivity index (χ3n) is 1.56. The lowest BCUT2D eigenvalue weighted by Crippen LogP contribution is -2.30. The highest BCUT2D eigenvalue weighted by atomic mass is 16.1. The van der Waals surface area contributed by atoms with E-state index in [-0.39, 0.29) is 17.9 Å². The van der Waals surface area contributed by atoms with Crippen molar-refractivity contribution in [3.05, 3.63) is 0 Å². The summed E-state index contributed by atoms with van der Waals surface area (Å²) in [5, 5.41) is 13.3. The molecule has 0 unspecified atom stereocenters. The van der Waals surface area contributed by atoms with Gasteiger partial charge in [0.05, 0.1) is 6.54 Å². The third-order valence-corrected chi connectivity index (χ3v) is 1.56. The number of rotatable bonds is 4. The Morgan fingerprint density at radius 2 is 2.36 bits per heavy atom. The molecular weight excluding hydrogens is 184 g/mol. The molecule has 1 amide bonds. The number of carbonyl (C=O) groups is 1. The third kappa shape index (κ3) is 3.00.